The van der Waals surface area contributed by atoms with E-state index in [1.54, 1.807) is 12.1 Å². The summed E-state index contributed by atoms with van der Waals surface area (Å²) in [6, 6.07) is 3.43. The molecular weight excluding hydrogens is 172 g/mol. The summed E-state index contributed by atoms with van der Waals surface area (Å²) in [4.78, 5) is 20.8. The summed E-state index contributed by atoms with van der Waals surface area (Å²) in [5.41, 5.74) is 0. The number of furan rings is 1. The number of hydrogen-bond donors (Lipinski definition) is 1. The summed E-state index contributed by atoms with van der Waals surface area (Å²) < 4.78 is 5.00. The van der Waals surface area contributed by atoms with Crippen LogP contribution < -0.4 is 0 Å². The first kappa shape index (κ1) is 9.51. The molecule has 0 saturated heterocycles. The van der Waals surface area contributed by atoms with Crippen LogP contribution in [0.4, 0.5) is 0 Å². The molecule has 1 aromatic rings. The Hall–Kier alpha value is -1.58. The third-order valence-electron chi connectivity index (χ3n) is 1.67. The van der Waals surface area contributed by atoms with Gasteiger partial charge in [0.1, 0.15) is 12.0 Å². The van der Waals surface area contributed by atoms with Crippen molar-refractivity contribution in [1.82, 2.24) is 0 Å². The van der Waals surface area contributed by atoms with Gasteiger partial charge in [-0.1, -0.05) is 0 Å². The highest BCUT2D eigenvalue weighted by atomic mass is 16.4. The van der Waals surface area contributed by atoms with Crippen molar-refractivity contribution in [2.75, 3.05) is 0 Å². The standard InChI is InChI=1S/C9H10O4/c10-6-7(5-9(11)12)4-8-2-1-3-13-8/h1-3,6-7H,4-5H2,(H,11,12). The quantitative estimate of drug-likeness (QED) is 0.692. The molecule has 4 nitrogen and oxygen atoms in total. The Bertz CT molecular complexity index is 276. The van der Waals surface area contributed by atoms with E-state index in [2.05, 4.69) is 0 Å². The number of carboxylic acids is 1. The van der Waals surface area contributed by atoms with Gasteiger partial charge in [-0.25, -0.2) is 0 Å². The maximum absolute atomic E-state index is 10.5. The van der Waals surface area contributed by atoms with Crippen molar-refractivity contribution in [3.05, 3.63) is 24.2 Å². The van der Waals surface area contributed by atoms with Gasteiger partial charge in [0.05, 0.1) is 12.7 Å². The van der Waals surface area contributed by atoms with Crippen LogP contribution in [0.3, 0.4) is 0 Å². The van der Waals surface area contributed by atoms with E-state index < -0.39 is 11.9 Å². The third-order valence-corrected chi connectivity index (χ3v) is 1.67. The van der Waals surface area contributed by atoms with Crippen LogP contribution in [-0.4, -0.2) is 17.4 Å². The zero-order valence-electron chi connectivity index (χ0n) is 6.97. The van der Waals surface area contributed by atoms with Crippen molar-refractivity contribution in [1.29, 1.82) is 0 Å². The molecular formula is C9H10O4. The highest BCUT2D eigenvalue weighted by Gasteiger charge is 2.13. The summed E-state index contributed by atoms with van der Waals surface area (Å²) in [6.45, 7) is 0. The lowest BCUT2D eigenvalue weighted by Gasteiger charge is -2.03. The van der Waals surface area contributed by atoms with Gasteiger partial charge >= 0.3 is 5.97 Å². The van der Waals surface area contributed by atoms with Crippen LogP contribution in [0.5, 0.6) is 0 Å². The molecule has 0 amide bonds. The number of carbonyl (C=O) groups excluding carboxylic acids is 1. The Balaban J connectivity index is 2.49. The molecule has 1 unspecified atom stereocenters. The zero-order chi connectivity index (χ0) is 9.68. The topological polar surface area (TPSA) is 67.5 Å². The Morgan fingerprint density at radius 1 is 1.69 bits per heavy atom. The second kappa shape index (κ2) is 4.45. The fraction of sp³-hybridized carbons (Fsp3) is 0.333. The number of aliphatic carboxylic acids is 1. The van der Waals surface area contributed by atoms with Gasteiger partial charge in [0.25, 0.3) is 0 Å². The first-order valence-electron chi connectivity index (χ1n) is 3.92. The maximum Gasteiger partial charge on any atom is 0.304 e. The Morgan fingerprint density at radius 2 is 2.46 bits per heavy atom. The smallest absolute Gasteiger partial charge is 0.304 e. The van der Waals surface area contributed by atoms with Crippen molar-refractivity contribution in [3.8, 4) is 0 Å². The molecule has 0 saturated carbocycles. The Labute approximate surface area is 75.2 Å². The minimum absolute atomic E-state index is 0.149. The van der Waals surface area contributed by atoms with Gasteiger partial charge in [0, 0.05) is 12.3 Å². The first-order valence-corrected chi connectivity index (χ1v) is 3.92. The van der Waals surface area contributed by atoms with Crippen molar-refractivity contribution >= 4 is 12.3 Å². The van der Waals surface area contributed by atoms with Gasteiger partial charge in [0.15, 0.2) is 0 Å². The lowest BCUT2D eigenvalue weighted by atomic mass is 10.0. The van der Waals surface area contributed by atoms with Crippen molar-refractivity contribution in [2.24, 2.45) is 5.92 Å². The van der Waals surface area contributed by atoms with Gasteiger partial charge < -0.3 is 14.3 Å². The Morgan fingerprint density at radius 3 is 2.92 bits per heavy atom. The molecule has 0 aliphatic heterocycles. The molecule has 1 N–H and O–H groups in total. The van der Waals surface area contributed by atoms with E-state index in [4.69, 9.17) is 9.52 Å². The molecule has 0 aliphatic rings. The number of rotatable bonds is 5. The molecule has 1 rings (SSSR count). The molecule has 1 aromatic heterocycles. The first-order chi connectivity index (χ1) is 6.22. The summed E-state index contributed by atoms with van der Waals surface area (Å²) in [7, 11) is 0. The molecule has 0 spiro atoms. The van der Waals surface area contributed by atoms with E-state index in [0.29, 0.717) is 18.5 Å². The van der Waals surface area contributed by atoms with Gasteiger partial charge in [-0.05, 0) is 12.1 Å². The van der Waals surface area contributed by atoms with Crippen molar-refractivity contribution < 1.29 is 19.1 Å². The largest absolute Gasteiger partial charge is 0.481 e. The number of aldehydes is 1. The molecule has 0 aromatic carbocycles. The molecule has 1 heterocycles. The van der Waals surface area contributed by atoms with Gasteiger partial charge in [-0.3, -0.25) is 4.79 Å². The van der Waals surface area contributed by atoms with E-state index in [0.717, 1.165) is 0 Å². The van der Waals surface area contributed by atoms with Crippen LogP contribution in [0.2, 0.25) is 0 Å². The van der Waals surface area contributed by atoms with Crippen LogP contribution in [0.25, 0.3) is 0 Å². The SMILES string of the molecule is O=CC(CC(=O)O)Cc1ccco1. The average Bonchev–Trinajstić information content (AvgIpc) is 2.55. The lowest BCUT2D eigenvalue weighted by Crippen LogP contribution is -2.11. The molecule has 0 radical (unpaired) electrons. The van der Waals surface area contributed by atoms with Crippen molar-refractivity contribution in [2.45, 2.75) is 12.8 Å². The molecule has 0 aliphatic carbocycles. The fourth-order valence-corrected chi connectivity index (χ4v) is 1.08. The van der Waals surface area contributed by atoms with E-state index in [9.17, 15) is 9.59 Å². The molecule has 70 valence electrons. The lowest BCUT2D eigenvalue weighted by molar-refractivity contribution is -0.139. The van der Waals surface area contributed by atoms with Crippen LogP contribution >= 0.6 is 0 Å². The third kappa shape index (κ3) is 3.11. The van der Waals surface area contributed by atoms with Crippen LogP contribution in [0.15, 0.2) is 22.8 Å². The van der Waals surface area contributed by atoms with E-state index in [-0.39, 0.29) is 6.42 Å². The summed E-state index contributed by atoms with van der Waals surface area (Å²) in [5.74, 6) is -0.828. The highest BCUT2D eigenvalue weighted by Crippen LogP contribution is 2.10. The molecule has 1 atom stereocenters. The normalized spacial score (nSPS) is 12.3. The number of carbonyl (C=O) groups is 2. The average molecular weight is 182 g/mol. The van der Waals surface area contributed by atoms with Crippen LogP contribution in [0, 0.1) is 5.92 Å². The number of carboxylic acid groups (broad SMARTS) is 1. The molecule has 4 heteroatoms. The monoisotopic (exact) mass is 182 g/mol. The predicted molar refractivity (Wildman–Crippen MR) is 44.2 cm³/mol. The van der Waals surface area contributed by atoms with Gasteiger partial charge in [-0.2, -0.15) is 0 Å². The van der Waals surface area contributed by atoms with E-state index in [1.807, 2.05) is 0 Å². The minimum atomic E-state index is -0.969. The minimum Gasteiger partial charge on any atom is -0.481 e. The number of hydrogen-bond acceptors (Lipinski definition) is 3. The molecule has 0 fully saturated rings. The van der Waals surface area contributed by atoms with E-state index >= 15 is 0 Å². The van der Waals surface area contributed by atoms with Crippen molar-refractivity contribution in [3.63, 3.8) is 0 Å². The Kier molecular flexibility index (Phi) is 3.25. The zero-order valence-corrected chi connectivity index (χ0v) is 6.97. The summed E-state index contributed by atoms with van der Waals surface area (Å²) >= 11 is 0. The second-order valence-electron chi connectivity index (χ2n) is 2.78. The van der Waals surface area contributed by atoms with Gasteiger partial charge in [0.2, 0.25) is 0 Å². The highest BCUT2D eigenvalue weighted by molar-refractivity contribution is 5.71. The van der Waals surface area contributed by atoms with Gasteiger partial charge in [-0.15, -0.1) is 0 Å². The molecule has 0 bridgehead atoms. The predicted octanol–water partition coefficient (Wildman–Crippen LogP) is 1.11. The van der Waals surface area contributed by atoms with E-state index in [1.165, 1.54) is 6.26 Å². The molecule has 13 heavy (non-hydrogen) atoms. The summed E-state index contributed by atoms with van der Waals surface area (Å²) in [6.07, 6.45) is 2.35. The van der Waals surface area contributed by atoms with Crippen LogP contribution in [0.1, 0.15) is 12.2 Å². The summed E-state index contributed by atoms with van der Waals surface area (Å²) in [5, 5.41) is 8.45. The fourth-order valence-electron chi connectivity index (χ4n) is 1.08. The maximum atomic E-state index is 10.5. The second-order valence-corrected chi connectivity index (χ2v) is 2.78. The van der Waals surface area contributed by atoms with Crippen LogP contribution in [-0.2, 0) is 16.0 Å².